The van der Waals surface area contributed by atoms with E-state index in [-0.39, 0.29) is 36.1 Å². The molecule has 0 amide bonds. The van der Waals surface area contributed by atoms with Crippen molar-refractivity contribution in [1.82, 2.24) is 9.55 Å². The van der Waals surface area contributed by atoms with E-state index in [1.807, 2.05) is 0 Å². The van der Waals surface area contributed by atoms with E-state index in [1.165, 1.54) is 12.1 Å². The van der Waals surface area contributed by atoms with Gasteiger partial charge in [0.25, 0.3) is 5.56 Å². The van der Waals surface area contributed by atoms with Crippen molar-refractivity contribution in [2.24, 2.45) is 0 Å². The number of H-pyrrole nitrogens is 1. The molecule has 7 nitrogen and oxygen atoms in total. The van der Waals surface area contributed by atoms with Gasteiger partial charge in [-0.1, -0.05) is 31.2 Å². The first-order chi connectivity index (χ1) is 18.9. The van der Waals surface area contributed by atoms with Crippen molar-refractivity contribution in [1.29, 1.82) is 0 Å². The van der Waals surface area contributed by atoms with Gasteiger partial charge in [0.2, 0.25) is 0 Å². The number of nitrogens with zero attached hydrogens (tertiary/aromatic N) is 1. The van der Waals surface area contributed by atoms with Gasteiger partial charge in [0.05, 0.1) is 12.0 Å². The lowest BCUT2D eigenvalue weighted by Crippen LogP contribution is -2.22. The molecule has 0 saturated heterocycles. The Morgan fingerprint density at radius 1 is 1.10 bits per heavy atom. The Labute approximate surface area is 236 Å². The van der Waals surface area contributed by atoms with Crippen LogP contribution in [0.4, 0.5) is 8.78 Å². The van der Waals surface area contributed by atoms with E-state index in [0.717, 1.165) is 18.2 Å². The molecule has 0 aliphatic heterocycles. The van der Waals surface area contributed by atoms with Gasteiger partial charge in [0.1, 0.15) is 24.0 Å². The third kappa shape index (κ3) is 6.46. The minimum absolute atomic E-state index is 0.0724. The Balaban J connectivity index is 1.91. The number of rotatable bonds is 10. The van der Waals surface area contributed by atoms with Crippen LogP contribution in [0.25, 0.3) is 21.9 Å². The van der Waals surface area contributed by atoms with Gasteiger partial charge >= 0.3 is 5.97 Å². The number of carbonyl (C=O) groups excluding carboxylic acids is 1. The zero-order chi connectivity index (χ0) is 29.2. The molecule has 0 fully saturated rings. The second-order valence-electron chi connectivity index (χ2n) is 10.6. The van der Waals surface area contributed by atoms with Crippen molar-refractivity contribution in [3.05, 3.63) is 81.0 Å². The summed E-state index contributed by atoms with van der Waals surface area (Å²) in [7, 11) is -1.30. The Kier molecular flexibility index (Phi) is 8.82. The quantitative estimate of drug-likeness (QED) is 0.118. The fourth-order valence-corrected chi connectivity index (χ4v) is 5.21. The van der Waals surface area contributed by atoms with Gasteiger partial charge in [0.15, 0.2) is 11.6 Å². The Morgan fingerprint density at radius 3 is 2.50 bits per heavy atom. The van der Waals surface area contributed by atoms with Crippen molar-refractivity contribution in [3.8, 4) is 22.6 Å². The van der Waals surface area contributed by atoms with Crippen LogP contribution in [0.15, 0.2) is 47.4 Å². The van der Waals surface area contributed by atoms with Crippen LogP contribution in [0.3, 0.4) is 0 Å². The molecular weight excluding hydrogens is 558 g/mol. The van der Waals surface area contributed by atoms with Crippen LogP contribution in [0.1, 0.15) is 23.1 Å². The molecule has 4 aromatic rings. The predicted molar refractivity (Wildman–Crippen MR) is 154 cm³/mol. The standard InChI is InChI=1S/C29H31ClF2N2O5Si/c1-6-38-29(36)27-26(20-13-18(30)7-9-23(20)39-24-10-8-19(31)14-22(24)32)21-15-34(16-37-11-12-40(3,4)5)17(2)25(21)28(35)33-27/h7-10,13-15H,6,11-12,16H2,1-5H3,(H,33,35). The van der Waals surface area contributed by atoms with Crippen LogP contribution in [-0.2, 0) is 16.2 Å². The lowest BCUT2D eigenvalue weighted by molar-refractivity contribution is 0.0520. The molecule has 2 aromatic carbocycles. The van der Waals surface area contributed by atoms with Crippen LogP contribution in [-0.4, -0.2) is 36.8 Å². The number of fused-ring (bicyclic) bond motifs is 1. The summed E-state index contributed by atoms with van der Waals surface area (Å²) < 4.78 is 46.9. The van der Waals surface area contributed by atoms with E-state index >= 15 is 0 Å². The number of pyridine rings is 1. The average Bonchev–Trinajstić information content (AvgIpc) is 3.20. The van der Waals surface area contributed by atoms with Gasteiger partial charge in [-0.3, -0.25) is 4.79 Å². The maximum atomic E-state index is 14.5. The molecule has 0 unspecified atom stereocenters. The molecule has 4 rings (SSSR count). The number of ether oxygens (including phenoxy) is 3. The van der Waals surface area contributed by atoms with Crippen molar-refractivity contribution in [3.63, 3.8) is 0 Å². The van der Waals surface area contributed by atoms with Crippen molar-refractivity contribution < 1.29 is 27.8 Å². The number of carbonyl (C=O) groups is 1. The second-order valence-corrected chi connectivity index (χ2v) is 16.6. The molecule has 212 valence electrons. The number of halogens is 3. The molecule has 0 bridgehead atoms. The monoisotopic (exact) mass is 588 g/mol. The summed E-state index contributed by atoms with van der Waals surface area (Å²) >= 11 is 6.37. The Morgan fingerprint density at radius 2 is 1.82 bits per heavy atom. The predicted octanol–water partition coefficient (Wildman–Crippen LogP) is 7.52. The van der Waals surface area contributed by atoms with Gasteiger partial charge < -0.3 is 23.8 Å². The number of hydrogen-bond donors (Lipinski definition) is 1. The molecule has 0 aliphatic carbocycles. The minimum atomic E-state index is -1.30. The molecule has 0 spiro atoms. The first-order valence-electron chi connectivity index (χ1n) is 12.8. The van der Waals surface area contributed by atoms with E-state index < -0.39 is 31.2 Å². The van der Waals surface area contributed by atoms with E-state index in [0.29, 0.717) is 39.7 Å². The third-order valence-electron chi connectivity index (χ3n) is 6.36. The summed E-state index contributed by atoms with van der Waals surface area (Å²) in [5, 5.41) is 1.09. The normalized spacial score (nSPS) is 11.7. The largest absolute Gasteiger partial charge is 0.461 e. The number of nitrogens with one attached hydrogen (secondary N) is 1. The Bertz CT molecular complexity index is 1630. The van der Waals surface area contributed by atoms with Crippen molar-refractivity contribution in [2.45, 2.75) is 46.3 Å². The van der Waals surface area contributed by atoms with E-state index in [2.05, 4.69) is 24.6 Å². The van der Waals surface area contributed by atoms with E-state index in [9.17, 15) is 18.4 Å². The van der Waals surface area contributed by atoms with Crippen LogP contribution >= 0.6 is 11.6 Å². The van der Waals surface area contributed by atoms with Gasteiger partial charge in [0, 0.05) is 54.2 Å². The van der Waals surface area contributed by atoms with Crippen LogP contribution in [0, 0.1) is 18.6 Å². The third-order valence-corrected chi connectivity index (χ3v) is 8.30. The van der Waals surface area contributed by atoms with Gasteiger partial charge in [-0.15, -0.1) is 0 Å². The molecule has 2 aromatic heterocycles. The highest BCUT2D eigenvalue weighted by Crippen LogP contribution is 2.41. The summed E-state index contributed by atoms with van der Waals surface area (Å²) in [6, 6.07) is 8.52. The van der Waals surface area contributed by atoms with Crippen LogP contribution in [0.2, 0.25) is 30.7 Å². The average molecular weight is 589 g/mol. The molecule has 1 N–H and O–H groups in total. The number of aromatic amines is 1. The minimum Gasteiger partial charge on any atom is -0.461 e. The molecule has 0 aliphatic rings. The van der Waals surface area contributed by atoms with Crippen LogP contribution < -0.4 is 10.3 Å². The SMILES string of the molecule is CCOC(=O)c1[nH]c(=O)c2c(C)n(COCC[Si](C)(C)C)cc2c1-c1cc(Cl)ccc1Oc1ccc(F)cc1F. The number of esters is 1. The van der Waals surface area contributed by atoms with Crippen LogP contribution in [0.5, 0.6) is 11.5 Å². The smallest absolute Gasteiger partial charge is 0.355 e. The van der Waals surface area contributed by atoms with Gasteiger partial charge in [-0.25, -0.2) is 13.6 Å². The highest BCUT2D eigenvalue weighted by Gasteiger charge is 2.26. The van der Waals surface area contributed by atoms with Gasteiger partial charge in [-0.05, 0) is 50.2 Å². The molecule has 11 heteroatoms. The first-order valence-corrected chi connectivity index (χ1v) is 16.9. The number of hydrogen-bond acceptors (Lipinski definition) is 5. The zero-order valence-electron chi connectivity index (χ0n) is 23.0. The van der Waals surface area contributed by atoms with E-state index in [1.54, 1.807) is 30.7 Å². The number of aryl methyl sites for hydroxylation is 1. The summed E-state index contributed by atoms with van der Waals surface area (Å²) in [5.41, 5.74) is 0.640. The summed E-state index contributed by atoms with van der Waals surface area (Å²) in [5.74, 6) is -2.52. The highest BCUT2D eigenvalue weighted by molar-refractivity contribution is 6.76. The zero-order valence-corrected chi connectivity index (χ0v) is 24.7. The topological polar surface area (TPSA) is 82.6 Å². The van der Waals surface area contributed by atoms with Crippen molar-refractivity contribution in [2.75, 3.05) is 13.2 Å². The Hall–Kier alpha value is -3.47. The fraction of sp³-hybridized carbons (Fsp3) is 0.310. The number of aromatic nitrogens is 2. The fourth-order valence-electron chi connectivity index (χ4n) is 4.28. The molecule has 0 radical (unpaired) electrons. The first kappa shape index (κ1) is 29.5. The molecule has 0 atom stereocenters. The summed E-state index contributed by atoms with van der Waals surface area (Å²) in [6.07, 6.45) is 1.73. The molecule has 2 heterocycles. The maximum Gasteiger partial charge on any atom is 0.355 e. The van der Waals surface area contributed by atoms with Crippen molar-refractivity contribution >= 4 is 36.4 Å². The lowest BCUT2D eigenvalue weighted by atomic mass is 9.98. The summed E-state index contributed by atoms with van der Waals surface area (Å²) in [4.78, 5) is 29.0. The maximum absolute atomic E-state index is 14.5. The molecular formula is C29H31ClF2N2O5Si. The molecule has 40 heavy (non-hydrogen) atoms. The molecule has 0 saturated carbocycles. The summed E-state index contributed by atoms with van der Waals surface area (Å²) in [6.45, 7) is 11.1. The highest BCUT2D eigenvalue weighted by atomic mass is 35.5. The second kappa shape index (κ2) is 12.0. The number of benzene rings is 2. The lowest BCUT2D eigenvalue weighted by Gasteiger charge is -2.16. The van der Waals surface area contributed by atoms with E-state index in [4.69, 9.17) is 25.8 Å². The van der Waals surface area contributed by atoms with Gasteiger partial charge in [-0.2, -0.15) is 0 Å².